The summed E-state index contributed by atoms with van der Waals surface area (Å²) in [5.41, 5.74) is 5.36. The van der Waals surface area contributed by atoms with Crippen molar-refractivity contribution in [2.75, 3.05) is 32.4 Å². The van der Waals surface area contributed by atoms with E-state index in [0.29, 0.717) is 6.04 Å². The fraction of sp³-hybridized carbons (Fsp3) is 0.846. The molecule has 0 aromatic rings. The molecule has 0 aromatic heterocycles. The summed E-state index contributed by atoms with van der Waals surface area (Å²) in [6.07, 6.45) is 5.79. The van der Waals surface area contributed by atoms with E-state index in [1.807, 2.05) is 11.2 Å². The lowest BCUT2D eigenvalue weighted by atomic mass is 9.93. The van der Waals surface area contributed by atoms with Gasteiger partial charge in [-0.15, -0.1) is 0 Å². The molecule has 6 heteroatoms. The Morgan fingerprint density at radius 1 is 1.16 bits per heavy atom. The highest BCUT2D eigenvalue weighted by molar-refractivity contribution is 8.12. The number of likely N-dealkylation sites (tertiary alicyclic amines) is 2. The van der Waals surface area contributed by atoms with Crippen LogP contribution in [0.5, 0.6) is 0 Å². The van der Waals surface area contributed by atoms with Gasteiger partial charge in [0.2, 0.25) is 5.91 Å². The number of piperidine rings is 2. The van der Waals surface area contributed by atoms with Crippen LogP contribution in [0.4, 0.5) is 4.79 Å². The van der Waals surface area contributed by atoms with E-state index in [-0.39, 0.29) is 17.1 Å². The van der Waals surface area contributed by atoms with Crippen molar-refractivity contribution in [2.45, 2.75) is 31.7 Å². The summed E-state index contributed by atoms with van der Waals surface area (Å²) in [4.78, 5) is 27.3. The quantitative estimate of drug-likeness (QED) is 0.826. The molecule has 1 unspecified atom stereocenters. The maximum absolute atomic E-state index is 11.7. The lowest BCUT2D eigenvalue weighted by Gasteiger charge is -2.41. The van der Waals surface area contributed by atoms with Crippen LogP contribution in [0.15, 0.2) is 0 Å². The highest BCUT2D eigenvalue weighted by Gasteiger charge is 2.31. The van der Waals surface area contributed by atoms with Gasteiger partial charge >= 0.3 is 0 Å². The molecule has 2 rings (SSSR count). The van der Waals surface area contributed by atoms with Crippen LogP contribution in [0.1, 0.15) is 25.7 Å². The standard InChI is InChI=1S/C13H23N3O2S/c1-19-13(18)16-6-2-3-11(9-16)15-7-4-10(5-8-15)12(14)17/h10-11H,2-9H2,1H3,(H2,14,17). The third-order valence-electron chi connectivity index (χ3n) is 4.28. The minimum absolute atomic E-state index is 0.0452. The summed E-state index contributed by atoms with van der Waals surface area (Å²) in [7, 11) is 0. The van der Waals surface area contributed by atoms with Crippen molar-refractivity contribution in [3.05, 3.63) is 0 Å². The lowest BCUT2D eigenvalue weighted by molar-refractivity contribution is -0.123. The summed E-state index contributed by atoms with van der Waals surface area (Å²) < 4.78 is 0. The van der Waals surface area contributed by atoms with Gasteiger partial charge in [0.05, 0.1) is 0 Å². The van der Waals surface area contributed by atoms with E-state index in [4.69, 9.17) is 5.73 Å². The molecule has 2 aliphatic rings. The van der Waals surface area contributed by atoms with Crippen molar-refractivity contribution in [3.8, 4) is 0 Å². The molecule has 5 nitrogen and oxygen atoms in total. The molecule has 2 aliphatic heterocycles. The zero-order valence-electron chi connectivity index (χ0n) is 11.5. The van der Waals surface area contributed by atoms with Crippen LogP contribution >= 0.6 is 11.8 Å². The van der Waals surface area contributed by atoms with E-state index in [1.54, 1.807) is 0 Å². The van der Waals surface area contributed by atoms with E-state index in [9.17, 15) is 9.59 Å². The molecule has 2 N–H and O–H groups in total. The van der Waals surface area contributed by atoms with Crippen molar-refractivity contribution in [3.63, 3.8) is 0 Å². The van der Waals surface area contributed by atoms with Crippen LogP contribution in [-0.4, -0.2) is 59.4 Å². The maximum atomic E-state index is 11.7. The number of amides is 2. The predicted molar refractivity (Wildman–Crippen MR) is 77.0 cm³/mol. The molecule has 0 bridgehead atoms. The Balaban J connectivity index is 1.85. The second kappa shape index (κ2) is 6.61. The maximum Gasteiger partial charge on any atom is 0.281 e. The normalized spacial score (nSPS) is 26.4. The summed E-state index contributed by atoms with van der Waals surface area (Å²) in [5, 5.41) is 0.178. The number of nitrogens with two attached hydrogens (primary N) is 1. The first-order valence-corrected chi connectivity index (χ1v) is 8.20. The number of hydrogen-bond acceptors (Lipinski definition) is 4. The minimum Gasteiger partial charge on any atom is -0.369 e. The third kappa shape index (κ3) is 3.63. The summed E-state index contributed by atoms with van der Waals surface area (Å²) in [5.74, 6) is -0.119. The zero-order valence-corrected chi connectivity index (χ0v) is 12.3. The van der Waals surface area contributed by atoms with Crippen LogP contribution in [0, 0.1) is 5.92 Å². The van der Waals surface area contributed by atoms with Gasteiger partial charge in [-0.3, -0.25) is 14.5 Å². The number of nitrogens with zero attached hydrogens (tertiary/aromatic N) is 2. The molecule has 2 heterocycles. The van der Waals surface area contributed by atoms with Crippen LogP contribution in [0.2, 0.25) is 0 Å². The van der Waals surface area contributed by atoms with E-state index in [1.165, 1.54) is 11.8 Å². The molecular formula is C13H23N3O2S. The average molecular weight is 285 g/mol. The summed E-state index contributed by atoms with van der Waals surface area (Å²) in [6, 6.07) is 0.457. The summed E-state index contributed by atoms with van der Waals surface area (Å²) in [6.45, 7) is 3.58. The van der Waals surface area contributed by atoms with Crippen LogP contribution in [-0.2, 0) is 4.79 Å². The lowest BCUT2D eigenvalue weighted by Crippen LogP contribution is -2.51. The van der Waals surface area contributed by atoms with Crippen LogP contribution in [0.25, 0.3) is 0 Å². The van der Waals surface area contributed by atoms with E-state index in [0.717, 1.165) is 51.9 Å². The molecule has 2 fully saturated rings. The number of thioether (sulfide) groups is 1. The van der Waals surface area contributed by atoms with Crippen molar-refractivity contribution < 1.29 is 9.59 Å². The molecule has 0 aliphatic carbocycles. The minimum atomic E-state index is -0.164. The predicted octanol–water partition coefficient (Wildman–Crippen LogP) is 1.13. The molecule has 1 atom stereocenters. The van der Waals surface area contributed by atoms with E-state index < -0.39 is 0 Å². The molecule has 0 saturated carbocycles. The van der Waals surface area contributed by atoms with Gasteiger partial charge in [0.25, 0.3) is 5.24 Å². The Morgan fingerprint density at radius 2 is 1.84 bits per heavy atom. The molecule has 0 spiro atoms. The van der Waals surface area contributed by atoms with E-state index >= 15 is 0 Å². The highest BCUT2D eigenvalue weighted by atomic mass is 32.2. The zero-order chi connectivity index (χ0) is 13.8. The summed E-state index contributed by atoms with van der Waals surface area (Å²) >= 11 is 1.29. The number of carbonyl (C=O) groups is 2. The van der Waals surface area contributed by atoms with Gasteiger partial charge < -0.3 is 10.6 Å². The van der Waals surface area contributed by atoms with Crippen molar-refractivity contribution in [2.24, 2.45) is 11.7 Å². The van der Waals surface area contributed by atoms with Gasteiger partial charge in [-0.2, -0.15) is 0 Å². The van der Waals surface area contributed by atoms with Gasteiger partial charge in [0, 0.05) is 25.0 Å². The fourth-order valence-electron chi connectivity index (χ4n) is 3.10. The Labute approximate surface area is 118 Å². The molecule has 2 saturated heterocycles. The third-order valence-corrected chi connectivity index (χ3v) is 4.89. The number of hydrogen-bond donors (Lipinski definition) is 1. The first-order valence-electron chi connectivity index (χ1n) is 6.98. The Kier molecular flexibility index (Phi) is 5.10. The topological polar surface area (TPSA) is 66.6 Å². The van der Waals surface area contributed by atoms with Gasteiger partial charge in [0.1, 0.15) is 0 Å². The molecule has 0 aromatic carbocycles. The monoisotopic (exact) mass is 285 g/mol. The average Bonchev–Trinajstić information content (AvgIpc) is 2.46. The Bertz CT molecular complexity index is 343. The van der Waals surface area contributed by atoms with Crippen molar-refractivity contribution in [1.29, 1.82) is 0 Å². The van der Waals surface area contributed by atoms with Gasteiger partial charge in [-0.05, 0) is 45.0 Å². The smallest absolute Gasteiger partial charge is 0.281 e. The van der Waals surface area contributed by atoms with Crippen LogP contribution < -0.4 is 5.73 Å². The Morgan fingerprint density at radius 3 is 2.42 bits per heavy atom. The molecule has 2 amide bonds. The van der Waals surface area contributed by atoms with Crippen molar-refractivity contribution in [1.82, 2.24) is 9.80 Å². The van der Waals surface area contributed by atoms with Gasteiger partial charge in [-0.1, -0.05) is 11.8 Å². The first kappa shape index (κ1) is 14.7. The number of primary amides is 1. The fourth-order valence-corrected chi connectivity index (χ4v) is 3.52. The second-order valence-corrected chi connectivity index (χ2v) is 6.18. The van der Waals surface area contributed by atoms with E-state index in [2.05, 4.69) is 4.90 Å². The van der Waals surface area contributed by atoms with Gasteiger partial charge in [0.15, 0.2) is 0 Å². The van der Waals surface area contributed by atoms with Crippen LogP contribution in [0.3, 0.4) is 0 Å². The first-order chi connectivity index (χ1) is 9.11. The number of carbonyl (C=O) groups excluding carboxylic acids is 2. The largest absolute Gasteiger partial charge is 0.369 e. The van der Waals surface area contributed by atoms with Gasteiger partial charge in [-0.25, -0.2) is 0 Å². The number of rotatable bonds is 2. The van der Waals surface area contributed by atoms with Crippen molar-refractivity contribution >= 4 is 22.9 Å². The molecular weight excluding hydrogens is 262 g/mol. The molecule has 0 radical (unpaired) electrons. The molecule has 19 heavy (non-hydrogen) atoms. The second-order valence-electron chi connectivity index (χ2n) is 5.42. The molecule has 108 valence electrons. The Hall–Kier alpha value is -0.750. The SMILES string of the molecule is CSC(=O)N1CCCC(N2CCC(C(N)=O)CC2)C1. The highest BCUT2D eigenvalue weighted by Crippen LogP contribution is 2.24.